The van der Waals surface area contributed by atoms with Gasteiger partial charge in [-0.05, 0) is 91.0 Å². The fourth-order valence-electron chi connectivity index (χ4n) is 7.13. The summed E-state index contributed by atoms with van der Waals surface area (Å²) in [4.78, 5) is 20.0. The zero-order valence-electron chi connectivity index (χ0n) is 26.9. The van der Waals surface area contributed by atoms with Crippen LogP contribution in [0.25, 0.3) is 10.8 Å². The summed E-state index contributed by atoms with van der Waals surface area (Å²) in [5.41, 5.74) is 3.41. The minimum absolute atomic E-state index is 0.0350. The van der Waals surface area contributed by atoms with Crippen molar-refractivity contribution in [3.8, 4) is 18.1 Å². The van der Waals surface area contributed by atoms with Gasteiger partial charge in [-0.15, -0.1) is 6.42 Å². The van der Waals surface area contributed by atoms with E-state index in [-0.39, 0.29) is 17.7 Å². The smallest absolute Gasteiger partial charge is 0.258 e. The van der Waals surface area contributed by atoms with Gasteiger partial charge >= 0.3 is 0 Å². The second-order valence-electron chi connectivity index (χ2n) is 12.9. The summed E-state index contributed by atoms with van der Waals surface area (Å²) in [7, 11) is -1.00. The van der Waals surface area contributed by atoms with Crippen LogP contribution in [0.5, 0.6) is 5.75 Å². The van der Waals surface area contributed by atoms with Gasteiger partial charge in [0.2, 0.25) is 0 Å². The molecule has 0 aromatic heterocycles. The molecule has 4 aromatic carbocycles. The molecule has 0 spiro atoms. The topological polar surface area (TPSA) is 49.9 Å². The molecular weight excluding hydrogens is 647 g/mol. The number of halogens is 2. The molecule has 0 bridgehead atoms. The van der Waals surface area contributed by atoms with Crippen LogP contribution in [0, 0.1) is 18.3 Å². The maximum absolute atomic E-state index is 14.6. The fraction of sp³-hybridized carbons (Fsp3) is 0.359. The molecule has 8 heteroatoms. The van der Waals surface area contributed by atoms with Crippen LogP contribution in [-0.4, -0.2) is 65.5 Å². The number of terminal acetylenes is 1. The molecule has 0 unspecified atom stereocenters. The van der Waals surface area contributed by atoms with Crippen LogP contribution in [0.3, 0.4) is 0 Å². The van der Waals surface area contributed by atoms with Crippen LogP contribution >= 0.6 is 23.2 Å². The Labute approximate surface area is 290 Å². The van der Waals surface area contributed by atoms with Crippen molar-refractivity contribution in [1.82, 2.24) is 9.80 Å². The number of fused-ring (bicyclic) bond motifs is 3. The second kappa shape index (κ2) is 14.8. The summed E-state index contributed by atoms with van der Waals surface area (Å²) in [6.07, 6.45) is 10.6. The Bertz CT molecular complexity index is 1850. The van der Waals surface area contributed by atoms with Crippen LogP contribution in [-0.2, 0) is 10.8 Å². The lowest BCUT2D eigenvalue weighted by Crippen LogP contribution is -2.42. The molecule has 1 fully saturated rings. The number of hydrogen-bond donors (Lipinski definition) is 0. The molecule has 6 rings (SSSR count). The van der Waals surface area contributed by atoms with E-state index in [0.717, 1.165) is 60.1 Å². The Morgan fingerprint density at radius 3 is 2.51 bits per heavy atom. The maximum atomic E-state index is 14.6. The number of piperidine rings is 1. The first kappa shape index (κ1) is 33.6. The van der Waals surface area contributed by atoms with Gasteiger partial charge in [0.1, 0.15) is 5.75 Å². The van der Waals surface area contributed by atoms with Crippen molar-refractivity contribution < 1.29 is 13.7 Å². The Morgan fingerprint density at radius 2 is 1.77 bits per heavy atom. The maximum Gasteiger partial charge on any atom is 0.258 e. The van der Waals surface area contributed by atoms with E-state index in [1.165, 1.54) is 5.56 Å². The minimum Gasteiger partial charge on any atom is -0.491 e. The van der Waals surface area contributed by atoms with Gasteiger partial charge in [-0.3, -0.25) is 9.00 Å². The molecule has 3 atom stereocenters. The Kier molecular flexibility index (Phi) is 10.6. The number of carbonyl (C=O) groups excluding carboxylic acids is 1. The zero-order chi connectivity index (χ0) is 33.1. The first-order chi connectivity index (χ1) is 22.7. The standard InChI is InChI=1S/C39H40Cl2N2O3S/c1-4-27-21-30-9-5-6-11-33(30)37-38(27)46-25-26(2)23-43(39(37)44)24-31(29-13-14-34(40)35(41)22-29)17-20-42-18-15-28(16-19-42)32-10-7-8-12-36(32)47(3)45/h1,5-14,21-22,26,28,31H,15-20,23-25H2,2-3H3/t26-,31-,47+/m1/s1. The van der Waals surface area contributed by atoms with Gasteiger partial charge in [0.15, 0.2) is 0 Å². The van der Waals surface area contributed by atoms with E-state index in [9.17, 15) is 9.00 Å². The third-order valence-electron chi connectivity index (χ3n) is 9.61. The van der Waals surface area contributed by atoms with Crippen molar-refractivity contribution in [2.45, 2.75) is 42.9 Å². The third kappa shape index (κ3) is 7.39. The van der Waals surface area contributed by atoms with E-state index in [2.05, 4.69) is 23.8 Å². The van der Waals surface area contributed by atoms with Gasteiger partial charge in [0, 0.05) is 36.1 Å². The molecule has 5 nitrogen and oxygen atoms in total. The molecule has 1 saturated heterocycles. The van der Waals surface area contributed by atoms with Crippen LogP contribution in [0.2, 0.25) is 10.0 Å². The van der Waals surface area contributed by atoms with Crippen LogP contribution in [0.4, 0.5) is 0 Å². The Morgan fingerprint density at radius 1 is 1.02 bits per heavy atom. The number of likely N-dealkylation sites (tertiary alicyclic amines) is 1. The van der Waals surface area contributed by atoms with Gasteiger partial charge in [-0.25, -0.2) is 0 Å². The molecule has 0 N–H and O–H groups in total. The summed E-state index contributed by atoms with van der Waals surface area (Å²) in [6.45, 7) is 6.48. The molecule has 2 aliphatic rings. The lowest BCUT2D eigenvalue weighted by Gasteiger charge is -2.36. The number of rotatable bonds is 8. The van der Waals surface area contributed by atoms with Crippen LogP contribution < -0.4 is 4.74 Å². The summed E-state index contributed by atoms with van der Waals surface area (Å²) < 4.78 is 18.6. The Balaban J connectivity index is 1.25. The number of ether oxygens (including phenoxy) is 1. The predicted octanol–water partition coefficient (Wildman–Crippen LogP) is 8.39. The second-order valence-corrected chi connectivity index (χ2v) is 15.0. The lowest BCUT2D eigenvalue weighted by molar-refractivity contribution is 0.0667. The number of hydrogen-bond acceptors (Lipinski definition) is 4. The predicted molar refractivity (Wildman–Crippen MR) is 193 cm³/mol. The largest absolute Gasteiger partial charge is 0.491 e. The lowest BCUT2D eigenvalue weighted by atomic mass is 9.88. The molecule has 2 aliphatic heterocycles. The number of nitrogens with zero attached hydrogens (tertiary/aromatic N) is 2. The van der Waals surface area contributed by atoms with E-state index >= 15 is 0 Å². The van der Waals surface area contributed by atoms with E-state index in [1.54, 1.807) is 6.26 Å². The molecule has 2 heterocycles. The highest BCUT2D eigenvalue weighted by Gasteiger charge is 2.31. The van der Waals surface area contributed by atoms with Gasteiger partial charge in [0.05, 0.1) is 38.6 Å². The summed E-state index contributed by atoms with van der Waals surface area (Å²) in [6, 6.07) is 23.8. The third-order valence-corrected chi connectivity index (χ3v) is 11.3. The van der Waals surface area contributed by atoms with Crippen molar-refractivity contribution in [3.05, 3.63) is 105 Å². The van der Waals surface area contributed by atoms with E-state index in [0.29, 0.717) is 52.5 Å². The van der Waals surface area contributed by atoms with Gasteiger partial charge in [0.25, 0.3) is 5.91 Å². The summed E-state index contributed by atoms with van der Waals surface area (Å²) in [5, 5.41) is 2.79. The molecule has 0 aliphatic carbocycles. The molecule has 47 heavy (non-hydrogen) atoms. The van der Waals surface area contributed by atoms with Crippen LogP contribution in [0.15, 0.2) is 77.7 Å². The summed E-state index contributed by atoms with van der Waals surface area (Å²) >= 11 is 12.9. The normalized spacial score (nSPS) is 18.9. The first-order valence-electron chi connectivity index (χ1n) is 16.3. The molecule has 0 radical (unpaired) electrons. The average Bonchev–Trinajstić information content (AvgIpc) is 3.08. The van der Waals surface area contributed by atoms with Crippen molar-refractivity contribution in [1.29, 1.82) is 0 Å². The van der Waals surface area contributed by atoms with Crippen molar-refractivity contribution in [3.63, 3.8) is 0 Å². The van der Waals surface area contributed by atoms with Crippen molar-refractivity contribution >= 4 is 50.7 Å². The zero-order valence-corrected chi connectivity index (χ0v) is 29.2. The molecule has 4 aromatic rings. The quantitative estimate of drug-likeness (QED) is 0.175. The van der Waals surface area contributed by atoms with Gasteiger partial charge in [-0.2, -0.15) is 0 Å². The monoisotopic (exact) mass is 686 g/mol. The van der Waals surface area contributed by atoms with E-state index < -0.39 is 10.8 Å². The SMILES string of the molecule is C#Cc1cc2ccccc2c2c1OC[C@H](C)CN(C[C@@H](CCN1CCC(c3ccccc3[S@](C)=O)CC1)c1ccc(Cl)c(Cl)c1)C2=O. The van der Waals surface area contributed by atoms with Crippen molar-refractivity contribution in [2.24, 2.45) is 5.92 Å². The average molecular weight is 688 g/mol. The molecular formula is C39H40Cl2N2O3S. The first-order valence-corrected chi connectivity index (χ1v) is 18.6. The van der Waals surface area contributed by atoms with E-state index in [1.807, 2.05) is 71.6 Å². The van der Waals surface area contributed by atoms with E-state index in [4.69, 9.17) is 34.4 Å². The molecule has 0 saturated carbocycles. The fourth-order valence-corrected chi connectivity index (χ4v) is 8.28. The van der Waals surface area contributed by atoms with Gasteiger partial charge in [-0.1, -0.05) is 84.6 Å². The highest BCUT2D eigenvalue weighted by Crippen LogP contribution is 2.37. The highest BCUT2D eigenvalue weighted by atomic mass is 35.5. The summed E-state index contributed by atoms with van der Waals surface area (Å²) in [5.74, 6) is 3.73. The number of carbonyl (C=O) groups is 1. The molecule has 244 valence electrons. The van der Waals surface area contributed by atoms with Crippen LogP contribution in [0.1, 0.15) is 65.1 Å². The Hall–Kier alpha value is -3.34. The van der Waals surface area contributed by atoms with Gasteiger partial charge < -0.3 is 14.5 Å². The van der Waals surface area contributed by atoms with Crippen molar-refractivity contribution in [2.75, 3.05) is 45.6 Å². The highest BCUT2D eigenvalue weighted by molar-refractivity contribution is 7.84. The molecule has 1 amide bonds. The number of benzene rings is 4. The minimum atomic E-state index is -1.00. The number of amides is 1.